The first-order chi connectivity index (χ1) is 30.6. The first-order valence-electron chi connectivity index (χ1n) is 21.3. The lowest BCUT2D eigenvalue weighted by molar-refractivity contribution is 1.25. The second kappa shape index (κ2) is 13.2. The molecule has 0 unspecified atom stereocenters. The van der Waals surface area contributed by atoms with Gasteiger partial charge in [0.2, 0.25) is 0 Å². The van der Waals surface area contributed by atoms with Crippen molar-refractivity contribution in [2.45, 2.75) is 6.92 Å². The highest BCUT2D eigenvalue weighted by Gasteiger charge is 2.44. The summed E-state index contributed by atoms with van der Waals surface area (Å²) in [4.78, 5) is 2.51. The molecule has 0 aliphatic carbocycles. The fraction of sp³-hybridized carbons (Fsp3) is 0.0172. The van der Waals surface area contributed by atoms with E-state index in [-0.39, 0.29) is 6.85 Å². The highest BCUT2D eigenvalue weighted by Crippen LogP contribution is 2.51. The van der Waals surface area contributed by atoms with Crippen LogP contribution in [0.2, 0.25) is 0 Å². The summed E-state index contributed by atoms with van der Waals surface area (Å²) in [6, 6.07) is 75.4. The van der Waals surface area contributed by atoms with Crippen molar-refractivity contribution in [3.8, 4) is 50.6 Å². The Kier molecular flexibility index (Phi) is 7.38. The van der Waals surface area contributed by atoms with Gasteiger partial charge in [-0.15, -0.1) is 0 Å². The smallest absolute Gasteiger partial charge is 0.333 e. The van der Waals surface area contributed by atoms with Crippen molar-refractivity contribution in [3.05, 3.63) is 211 Å². The Morgan fingerprint density at radius 1 is 0.484 bits per heavy atom. The molecule has 1 aromatic heterocycles. The molecule has 0 radical (unpaired) electrons. The minimum atomic E-state index is -0.123. The first kappa shape index (κ1) is 34.7. The zero-order valence-electron chi connectivity index (χ0n) is 34.0. The van der Waals surface area contributed by atoms with Crippen LogP contribution in [0.1, 0.15) is 11.1 Å². The Bertz CT molecular complexity index is 3690. The molecule has 10 aromatic carbocycles. The Morgan fingerprint density at radius 3 is 1.82 bits per heavy atom. The van der Waals surface area contributed by atoms with Crippen LogP contribution in [-0.4, -0.2) is 11.3 Å². The topological polar surface area (TPSA) is 32.0 Å². The average Bonchev–Trinajstić information content (AvgIpc) is 3.70. The van der Waals surface area contributed by atoms with Gasteiger partial charge in [-0.2, -0.15) is 5.26 Å². The fourth-order valence-corrected chi connectivity index (χ4v) is 10.8. The number of rotatable bonds is 4. The van der Waals surface area contributed by atoms with Crippen LogP contribution in [0.3, 0.4) is 0 Å². The van der Waals surface area contributed by atoms with E-state index in [9.17, 15) is 5.26 Å². The molecule has 0 fully saturated rings. The number of hydrogen-bond donors (Lipinski definition) is 0. The van der Waals surface area contributed by atoms with Crippen LogP contribution >= 0.6 is 0 Å². The van der Waals surface area contributed by atoms with Crippen LogP contribution in [0.5, 0.6) is 0 Å². The van der Waals surface area contributed by atoms with Gasteiger partial charge in [-0.05, 0) is 132 Å². The Hall–Kier alpha value is -8.13. The second-order valence-corrected chi connectivity index (χ2v) is 16.8. The Balaban J connectivity index is 1.21. The van der Waals surface area contributed by atoms with Crippen LogP contribution in [-0.2, 0) is 0 Å². The van der Waals surface area contributed by atoms with Gasteiger partial charge in [-0.25, -0.2) is 0 Å². The van der Waals surface area contributed by atoms with E-state index >= 15 is 0 Å². The normalized spacial score (nSPS) is 12.5. The van der Waals surface area contributed by atoms with Crippen molar-refractivity contribution in [2.24, 2.45) is 0 Å². The third-order valence-electron chi connectivity index (χ3n) is 13.6. The van der Waals surface area contributed by atoms with E-state index in [1.807, 2.05) is 12.1 Å². The highest BCUT2D eigenvalue weighted by atomic mass is 15.2. The van der Waals surface area contributed by atoms with Gasteiger partial charge in [0.1, 0.15) is 0 Å². The van der Waals surface area contributed by atoms with Crippen molar-refractivity contribution >= 4 is 78.2 Å². The number of hydrogen-bond acceptors (Lipinski definition) is 2. The highest BCUT2D eigenvalue weighted by molar-refractivity contribution is 6.90. The predicted molar refractivity (Wildman–Crippen MR) is 261 cm³/mol. The van der Waals surface area contributed by atoms with Crippen molar-refractivity contribution in [2.75, 3.05) is 4.90 Å². The van der Waals surface area contributed by atoms with Gasteiger partial charge in [-0.3, -0.25) is 0 Å². The van der Waals surface area contributed by atoms with Crippen LogP contribution in [0.25, 0.3) is 87.9 Å². The molecule has 0 spiro atoms. The van der Waals surface area contributed by atoms with E-state index in [0.29, 0.717) is 5.56 Å². The lowest BCUT2D eigenvalue weighted by Gasteiger charge is -2.42. The molecule has 0 amide bonds. The van der Waals surface area contributed by atoms with Gasteiger partial charge >= 0.3 is 6.85 Å². The van der Waals surface area contributed by atoms with Crippen molar-refractivity contribution in [1.82, 2.24) is 4.48 Å². The van der Waals surface area contributed by atoms with Gasteiger partial charge in [-0.1, -0.05) is 152 Å². The minimum Gasteiger partial charge on any atom is -0.375 e. The summed E-state index contributed by atoms with van der Waals surface area (Å²) in [5.41, 5.74) is 20.0. The zero-order valence-corrected chi connectivity index (χ0v) is 34.0. The van der Waals surface area contributed by atoms with Crippen LogP contribution in [0, 0.1) is 18.3 Å². The van der Waals surface area contributed by atoms with Gasteiger partial charge in [0.05, 0.1) is 11.6 Å². The molecule has 0 saturated heterocycles. The average molecular weight is 786 g/mol. The summed E-state index contributed by atoms with van der Waals surface area (Å²) in [5.74, 6) is 0. The molecule has 11 aromatic rings. The third kappa shape index (κ3) is 4.88. The van der Waals surface area contributed by atoms with Crippen LogP contribution in [0.4, 0.5) is 17.1 Å². The number of anilines is 3. The lowest BCUT2D eigenvalue weighted by atomic mass is 9.44. The molecule has 0 bridgehead atoms. The number of nitriles is 1. The third-order valence-corrected chi connectivity index (χ3v) is 13.6. The summed E-state index contributed by atoms with van der Waals surface area (Å²) in [6.45, 7) is 2.19. The quantitative estimate of drug-likeness (QED) is 0.166. The summed E-state index contributed by atoms with van der Waals surface area (Å²) in [6.07, 6.45) is 0. The largest absolute Gasteiger partial charge is 0.375 e. The molecule has 62 heavy (non-hydrogen) atoms. The monoisotopic (exact) mass is 785 g/mol. The Labute approximate surface area is 360 Å². The molecule has 0 saturated carbocycles. The number of fused-ring (bicyclic) bond motifs is 11. The molecule has 4 heteroatoms. The fourth-order valence-electron chi connectivity index (χ4n) is 10.8. The SMILES string of the molecule is Cc1c(-c2ccc(C#N)cc2)cc2c3c1-c1cc4ccccc4c4c5c6ccccc6ccc5n(c14)B3c1cc(-c3ccccc3)ccc1N2c1ccc(-c2ccccc2)cc1. The molecule has 2 aliphatic heterocycles. The zero-order chi connectivity index (χ0) is 41.1. The van der Waals surface area contributed by atoms with Crippen LogP contribution < -0.4 is 15.8 Å². The molecular formula is C58H36BN3. The van der Waals surface area contributed by atoms with E-state index in [1.165, 1.54) is 93.2 Å². The maximum atomic E-state index is 9.80. The molecule has 3 heterocycles. The number of benzene rings is 10. The molecule has 3 nitrogen and oxygen atoms in total. The van der Waals surface area contributed by atoms with Gasteiger partial charge in [0.15, 0.2) is 0 Å². The van der Waals surface area contributed by atoms with E-state index in [0.717, 1.165) is 28.2 Å². The molecule has 286 valence electrons. The second-order valence-electron chi connectivity index (χ2n) is 16.8. The van der Waals surface area contributed by atoms with E-state index in [2.05, 4.69) is 210 Å². The Morgan fingerprint density at radius 2 is 1.10 bits per heavy atom. The lowest BCUT2D eigenvalue weighted by Crippen LogP contribution is -2.57. The van der Waals surface area contributed by atoms with E-state index in [1.54, 1.807) is 0 Å². The van der Waals surface area contributed by atoms with E-state index < -0.39 is 0 Å². The van der Waals surface area contributed by atoms with Crippen LogP contribution in [0.15, 0.2) is 200 Å². The van der Waals surface area contributed by atoms with Crippen molar-refractivity contribution in [1.29, 1.82) is 5.26 Å². The molecule has 0 N–H and O–H groups in total. The molecule has 2 aliphatic rings. The number of aromatic nitrogens is 1. The maximum Gasteiger partial charge on any atom is 0.333 e. The standard InChI is InChI=1S/C58H36BN3/c1-36-48(42-22-20-37(35-60)21-23-42)34-53-57-54(36)49-32-44-17-9-11-19-47(44)56-55-46-18-10-8-16-41(46)26-31-52(55)62(58(49)56)59(57)50-33-43(39-14-6-3-7-15-39)27-30-51(50)61(53)45-28-24-40(25-29-45)38-12-4-2-5-13-38/h2-34H,1H3. The summed E-state index contributed by atoms with van der Waals surface area (Å²) in [5, 5.41) is 17.4. The maximum absolute atomic E-state index is 9.80. The van der Waals surface area contributed by atoms with Gasteiger partial charge in [0, 0.05) is 44.4 Å². The van der Waals surface area contributed by atoms with Crippen molar-refractivity contribution in [3.63, 3.8) is 0 Å². The summed E-state index contributed by atoms with van der Waals surface area (Å²) < 4.78 is 2.69. The van der Waals surface area contributed by atoms with Gasteiger partial charge in [0.25, 0.3) is 0 Å². The molecule has 0 atom stereocenters. The first-order valence-corrected chi connectivity index (χ1v) is 21.3. The van der Waals surface area contributed by atoms with Gasteiger partial charge < -0.3 is 9.38 Å². The summed E-state index contributed by atoms with van der Waals surface area (Å²) >= 11 is 0. The predicted octanol–water partition coefficient (Wildman–Crippen LogP) is 13.7. The molecular weight excluding hydrogens is 749 g/mol. The minimum absolute atomic E-state index is 0.123. The number of nitrogens with zero attached hydrogens (tertiary/aromatic N) is 3. The molecule has 13 rings (SSSR count). The summed E-state index contributed by atoms with van der Waals surface area (Å²) in [7, 11) is 0. The van der Waals surface area contributed by atoms with E-state index in [4.69, 9.17) is 0 Å². The van der Waals surface area contributed by atoms with Crippen molar-refractivity contribution < 1.29 is 0 Å².